The van der Waals surface area contributed by atoms with Gasteiger partial charge in [0.2, 0.25) is 0 Å². The van der Waals surface area contributed by atoms with Gasteiger partial charge in [0, 0.05) is 11.8 Å². The van der Waals surface area contributed by atoms with Gasteiger partial charge in [0.1, 0.15) is 5.78 Å². The van der Waals surface area contributed by atoms with E-state index in [0.717, 1.165) is 12.8 Å². The number of carbonyl (C=O) groups excluding carboxylic acids is 1. The molecule has 0 amide bonds. The van der Waals surface area contributed by atoms with E-state index in [2.05, 4.69) is 20.8 Å². The van der Waals surface area contributed by atoms with Crippen molar-refractivity contribution < 1.29 is 13.2 Å². The fourth-order valence-corrected chi connectivity index (χ4v) is 2.90. The Morgan fingerprint density at radius 1 is 1.33 bits per heavy atom. The van der Waals surface area contributed by atoms with E-state index < -0.39 is 10.5 Å². The zero-order valence-electron chi connectivity index (χ0n) is 9.33. The van der Waals surface area contributed by atoms with Crippen LogP contribution in [0.15, 0.2) is 0 Å². The molecule has 15 heavy (non-hydrogen) atoms. The van der Waals surface area contributed by atoms with Crippen LogP contribution in [-0.4, -0.2) is 14.2 Å². The first-order chi connectivity index (χ1) is 6.72. The molecule has 0 heterocycles. The molecular formula is C10H17NO3S. The van der Waals surface area contributed by atoms with E-state index >= 15 is 0 Å². The highest BCUT2D eigenvalue weighted by atomic mass is 32.2. The van der Waals surface area contributed by atoms with Crippen LogP contribution in [0.1, 0.15) is 40.0 Å². The van der Waals surface area contributed by atoms with E-state index in [-0.39, 0.29) is 10.8 Å². The van der Waals surface area contributed by atoms with E-state index in [0.29, 0.717) is 11.7 Å². The molecule has 4 nitrogen and oxygen atoms in total. The molecule has 2 aliphatic carbocycles. The Labute approximate surface area is 91.6 Å². The molecule has 2 fully saturated rings. The van der Waals surface area contributed by atoms with Gasteiger partial charge < -0.3 is 0 Å². The summed E-state index contributed by atoms with van der Waals surface area (Å²) in [4.78, 5) is 11.6. The summed E-state index contributed by atoms with van der Waals surface area (Å²) in [5.41, 5.74) is 0.307. The summed E-state index contributed by atoms with van der Waals surface area (Å²) >= 11 is 0. The molecule has 0 aromatic heterocycles. The van der Waals surface area contributed by atoms with Gasteiger partial charge in [0.25, 0.3) is 0 Å². The number of nitrogens with one attached hydrogen (secondary N) is 1. The van der Waals surface area contributed by atoms with Crippen LogP contribution in [0.4, 0.5) is 0 Å². The summed E-state index contributed by atoms with van der Waals surface area (Å²) in [6.07, 6.45) is 3.25. The van der Waals surface area contributed by atoms with Crippen molar-refractivity contribution in [1.82, 2.24) is 0 Å². The number of fused-ring (bicyclic) bond motifs is 2. The molecule has 2 aliphatic rings. The van der Waals surface area contributed by atoms with Crippen LogP contribution < -0.4 is 0 Å². The Balaban J connectivity index is 0.000000245. The van der Waals surface area contributed by atoms with Gasteiger partial charge in [-0.3, -0.25) is 4.79 Å². The Bertz CT molecular complexity index is 377. The van der Waals surface area contributed by atoms with E-state index in [9.17, 15) is 4.79 Å². The number of carbonyl (C=O) groups is 1. The van der Waals surface area contributed by atoms with Gasteiger partial charge >= 0.3 is 10.5 Å². The van der Waals surface area contributed by atoms with E-state index in [1.54, 1.807) is 0 Å². The topological polar surface area (TPSA) is 75.1 Å². The summed E-state index contributed by atoms with van der Waals surface area (Å²) < 4.78 is 22.8. The zero-order chi connectivity index (χ0) is 11.9. The van der Waals surface area contributed by atoms with Crippen molar-refractivity contribution in [2.45, 2.75) is 40.0 Å². The van der Waals surface area contributed by atoms with Gasteiger partial charge in [-0.1, -0.05) is 20.8 Å². The van der Waals surface area contributed by atoms with Crippen LogP contribution in [0.3, 0.4) is 0 Å². The SMILES string of the molecule is CC12CCC(CC1=O)C2(C)C.N=S(=O)=O. The lowest BCUT2D eigenvalue weighted by Crippen LogP contribution is -2.32. The second-order valence-corrected chi connectivity index (χ2v) is 5.62. The average Bonchev–Trinajstić information content (AvgIpc) is 2.36. The van der Waals surface area contributed by atoms with Crippen molar-refractivity contribution in [1.29, 1.82) is 4.78 Å². The Kier molecular flexibility index (Phi) is 3.05. The van der Waals surface area contributed by atoms with Gasteiger partial charge in [-0.05, 0) is 24.2 Å². The molecule has 0 radical (unpaired) electrons. The maximum absolute atomic E-state index is 11.6. The third-order valence-corrected chi connectivity index (χ3v) is 4.48. The molecule has 2 atom stereocenters. The Morgan fingerprint density at radius 2 is 1.80 bits per heavy atom. The fourth-order valence-electron chi connectivity index (χ4n) is 2.90. The van der Waals surface area contributed by atoms with Crippen LogP contribution in [-0.2, 0) is 15.3 Å². The lowest BCUT2D eigenvalue weighted by Gasteiger charge is -2.32. The first-order valence-corrected chi connectivity index (χ1v) is 6.13. The van der Waals surface area contributed by atoms with Crippen molar-refractivity contribution in [2.24, 2.45) is 16.7 Å². The van der Waals surface area contributed by atoms with Crippen molar-refractivity contribution in [3.63, 3.8) is 0 Å². The predicted molar refractivity (Wildman–Crippen MR) is 55.9 cm³/mol. The summed E-state index contributed by atoms with van der Waals surface area (Å²) in [5, 5.41) is 0. The normalized spacial score (nSPS) is 35.9. The largest absolute Gasteiger partial charge is 0.308 e. The van der Waals surface area contributed by atoms with Gasteiger partial charge in [-0.25, -0.2) is 0 Å². The molecular weight excluding hydrogens is 214 g/mol. The Morgan fingerprint density at radius 3 is 1.93 bits per heavy atom. The van der Waals surface area contributed by atoms with Crippen molar-refractivity contribution >= 4 is 16.3 Å². The molecule has 0 aliphatic heterocycles. The smallest absolute Gasteiger partial charge is 0.299 e. The maximum Gasteiger partial charge on any atom is 0.308 e. The molecule has 0 saturated heterocycles. The third kappa shape index (κ3) is 1.85. The second kappa shape index (κ2) is 3.70. The summed E-state index contributed by atoms with van der Waals surface area (Å²) in [5.74, 6) is 1.19. The Hall–Kier alpha value is -0.710. The minimum absolute atomic E-state index is 0.0255. The standard InChI is InChI=1S/C10H16O.HNO2S/c1-9(2)7-4-5-10(9,3)8(11)6-7;1-4(2)3/h7H,4-6H2,1-3H3;1H. The minimum atomic E-state index is -2.61. The molecule has 2 bridgehead atoms. The summed E-state index contributed by atoms with van der Waals surface area (Å²) in [7, 11) is -2.61. The first-order valence-electron chi connectivity index (χ1n) is 5.05. The van der Waals surface area contributed by atoms with Crippen molar-refractivity contribution in [3.05, 3.63) is 0 Å². The highest BCUT2D eigenvalue weighted by molar-refractivity contribution is 7.60. The van der Waals surface area contributed by atoms with E-state index in [4.69, 9.17) is 13.2 Å². The molecule has 2 unspecified atom stereocenters. The number of Topliss-reactive ketones (excluding diaryl/α,β-unsaturated/α-hetero) is 1. The van der Waals surface area contributed by atoms with Crippen LogP contribution in [0, 0.1) is 21.5 Å². The zero-order valence-corrected chi connectivity index (χ0v) is 10.1. The molecule has 2 rings (SSSR count). The molecule has 1 N–H and O–H groups in total. The molecule has 0 aromatic carbocycles. The highest BCUT2D eigenvalue weighted by Crippen LogP contribution is 2.63. The lowest BCUT2D eigenvalue weighted by molar-refractivity contribution is -0.128. The van der Waals surface area contributed by atoms with Crippen LogP contribution in [0.5, 0.6) is 0 Å². The quantitative estimate of drug-likeness (QED) is 0.693. The fraction of sp³-hybridized carbons (Fsp3) is 0.900. The molecule has 5 heteroatoms. The van der Waals surface area contributed by atoms with Gasteiger partial charge in [0.05, 0.1) is 0 Å². The van der Waals surface area contributed by atoms with Crippen molar-refractivity contribution in [2.75, 3.05) is 0 Å². The van der Waals surface area contributed by atoms with E-state index in [1.165, 1.54) is 6.42 Å². The van der Waals surface area contributed by atoms with Gasteiger partial charge in [-0.2, -0.15) is 13.2 Å². The molecule has 86 valence electrons. The first kappa shape index (κ1) is 12.4. The number of hydrogen-bond donors (Lipinski definition) is 1. The minimum Gasteiger partial charge on any atom is -0.299 e. The lowest BCUT2D eigenvalue weighted by atomic mass is 9.70. The average molecular weight is 231 g/mol. The predicted octanol–water partition coefficient (Wildman–Crippen LogP) is 2.03. The molecule has 0 aromatic rings. The number of hydrogen-bond acceptors (Lipinski definition) is 4. The second-order valence-electron chi connectivity index (χ2n) is 5.15. The number of rotatable bonds is 0. The third-order valence-electron chi connectivity index (χ3n) is 4.48. The number of ketones is 1. The maximum atomic E-state index is 11.6. The van der Waals surface area contributed by atoms with Gasteiger partial charge in [-0.15, -0.1) is 0 Å². The van der Waals surface area contributed by atoms with Gasteiger partial charge in [0.15, 0.2) is 0 Å². The van der Waals surface area contributed by atoms with E-state index in [1.807, 2.05) is 0 Å². The monoisotopic (exact) mass is 231 g/mol. The van der Waals surface area contributed by atoms with Crippen LogP contribution >= 0.6 is 0 Å². The van der Waals surface area contributed by atoms with Crippen molar-refractivity contribution in [3.8, 4) is 0 Å². The molecule has 0 spiro atoms. The van der Waals surface area contributed by atoms with Crippen LogP contribution in [0.25, 0.3) is 0 Å². The summed E-state index contributed by atoms with van der Waals surface area (Å²) in [6, 6.07) is 0. The van der Waals surface area contributed by atoms with Crippen LogP contribution in [0.2, 0.25) is 0 Å². The molecule has 2 saturated carbocycles. The highest BCUT2D eigenvalue weighted by Gasteiger charge is 2.61. The summed E-state index contributed by atoms with van der Waals surface area (Å²) in [6.45, 7) is 6.67.